The number of ketones is 1. The number of hydrogen-bond donors (Lipinski definition) is 0. The summed E-state index contributed by atoms with van der Waals surface area (Å²) in [4.78, 5) is 28.5. The first-order chi connectivity index (χ1) is 14.0. The molecule has 0 radical (unpaired) electrons. The van der Waals surface area contributed by atoms with Gasteiger partial charge in [0.05, 0.1) is 14.2 Å². The van der Waals surface area contributed by atoms with E-state index in [4.69, 9.17) is 23.7 Å². The Hall–Kier alpha value is -3.26. The van der Waals surface area contributed by atoms with E-state index in [1.807, 2.05) is 6.07 Å². The van der Waals surface area contributed by atoms with E-state index >= 15 is 0 Å². The van der Waals surface area contributed by atoms with Gasteiger partial charge in [-0.25, -0.2) is 4.79 Å². The smallest absolute Gasteiger partial charge is 0.345 e. The molecule has 3 aliphatic heterocycles. The molecular formula is C21H19NO7. The SMILES string of the molecule is COc1ccc2c(c1OC)C(=O)OC21C(=O)c2cc3c(cc2CCN1C)OCO3. The molecular weight excluding hydrogens is 378 g/mol. The molecule has 0 saturated carbocycles. The summed E-state index contributed by atoms with van der Waals surface area (Å²) in [6.45, 7) is 0.617. The van der Waals surface area contributed by atoms with Gasteiger partial charge < -0.3 is 23.7 Å². The van der Waals surface area contributed by atoms with Gasteiger partial charge in [-0.05, 0) is 43.3 Å². The summed E-state index contributed by atoms with van der Waals surface area (Å²) in [6.07, 6.45) is 0.593. The highest BCUT2D eigenvalue weighted by molar-refractivity contribution is 6.11. The van der Waals surface area contributed by atoms with Crippen LogP contribution in [0.25, 0.3) is 0 Å². The van der Waals surface area contributed by atoms with Crippen LogP contribution in [0.5, 0.6) is 23.0 Å². The lowest BCUT2D eigenvalue weighted by molar-refractivity contribution is -0.0737. The highest BCUT2D eigenvalue weighted by Gasteiger charge is 2.57. The highest BCUT2D eigenvalue weighted by atomic mass is 16.7. The third kappa shape index (κ3) is 2.23. The van der Waals surface area contributed by atoms with E-state index in [1.165, 1.54) is 14.2 Å². The predicted molar refractivity (Wildman–Crippen MR) is 99.9 cm³/mol. The van der Waals surface area contributed by atoms with Crippen LogP contribution in [-0.2, 0) is 16.9 Å². The van der Waals surface area contributed by atoms with Crippen molar-refractivity contribution in [2.75, 3.05) is 34.6 Å². The van der Waals surface area contributed by atoms with Crippen LogP contribution in [0.2, 0.25) is 0 Å². The predicted octanol–water partition coefficient (Wildman–Crippen LogP) is 2.13. The Balaban J connectivity index is 1.74. The lowest BCUT2D eigenvalue weighted by atomic mass is 9.89. The summed E-state index contributed by atoms with van der Waals surface area (Å²) < 4.78 is 27.5. The average Bonchev–Trinajstić information content (AvgIpc) is 3.29. The molecule has 0 bridgehead atoms. The zero-order valence-corrected chi connectivity index (χ0v) is 16.2. The van der Waals surface area contributed by atoms with Crippen molar-refractivity contribution in [3.8, 4) is 23.0 Å². The van der Waals surface area contributed by atoms with Gasteiger partial charge in [-0.1, -0.05) is 0 Å². The number of methoxy groups -OCH3 is 2. The Morgan fingerprint density at radius 1 is 1.07 bits per heavy atom. The largest absolute Gasteiger partial charge is 0.493 e. The Morgan fingerprint density at radius 2 is 1.83 bits per heavy atom. The van der Waals surface area contributed by atoms with Crippen molar-refractivity contribution < 1.29 is 33.3 Å². The van der Waals surface area contributed by atoms with Crippen molar-refractivity contribution in [3.63, 3.8) is 0 Å². The van der Waals surface area contributed by atoms with Gasteiger partial charge in [0.2, 0.25) is 12.6 Å². The lowest BCUT2D eigenvalue weighted by Gasteiger charge is -2.34. The number of fused-ring (bicyclic) bond motifs is 4. The van der Waals surface area contributed by atoms with Crippen molar-refractivity contribution in [2.24, 2.45) is 0 Å². The molecule has 29 heavy (non-hydrogen) atoms. The van der Waals surface area contributed by atoms with Crippen molar-refractivity contribution >= 4 is 11.8 Å². The molecule has 1 atom stereocenters. The number of benzene rings is 2. The minimum atomic E-state index is -1.58. The number of esters is 1. The minimum Gasteiger partial charge on any atom is -0.493 e. The Kier molecular flexibility index (Phi) is 3.76. The van der Waals surface area contributed by atoms with E-state index < -0.39 is 11.7 Å². The zero-order valence-electron chi connectivity index (χ0n) is 16.2. The molecule has 0 amide bonds. The molecule has 1 unspecified atom stereocenters. The third-order valence-corrected chi connectivity index (χ3v) is 5.76. The highest BCUT2D eigenvalue weighted by Crippen LogP contribution is 2.49. The maximum Gasteiger partial charge on any atom is 0.345 e. The number of carbonyl (C=O) groups excluding carboxylic acids is 2. The Labute approximate surface area is 166 Å². The summed E-state index contributed by atoms with van der Waals surface area (Å²) in [5.41, 5.74) is 0.349. The number of nitrogens with zero attached hydrogens (tertiary/aromatic N) is 1. The molecule has 0 fully saturated rings. The molecule has 5 rings (SSSR count). The molecule has 8 nitrogen and oxygen atoms in total. The van der Waals surface area contributed by atoms with Gasteiger partial charge in [0, 0.05) is 17.7 Å². The standard InChI is InChI=1S/C21H19NO7/c1-22-7-6-11-8-15-16(28-10-27-15)9-12(11)19(23)21(22)13-4-5-14(25-2)18(26-3)17(13)20(24)29-21/h4-5,8-9H,6-7,10H2,1-3H3. The molecule has 8 heteroatoms. The molecule has 0 saturated heterocycles. The molecule has 2 aromatic carbocycles. The van der Waals surface area contributed by atoms with Crippen LogP contribution in [0.4, 0.5) is 0 Å². The van der Waals surface area contributed by atoms with E-state index in [2.05, 4.69) is 0 Å². The summed E-state index contributed by atoms with van der Waals surface area (Å²) in [7, 11) is 4.71. The molecule has 3 heterocycles. The number of hydrogen-bond acceptors (Lipinski definition) is 8. The molecule has 3 aliphatic rings. The zero-order chi connectivity index (χ0) is 20.3. The third-order valence-electron chi connectivity index (χ3n) is 5.76. The summed E-state index contributed by atoms with van der Waals surface area (Å²) >= 11 is 0. The monoisotopic (exact) mass is 397 g/mol. The van der Waals surface area contributed by atoms with E-state index in [-0.39, 0.29) is 23.9 Å². The van der Waals surface area contributed by atoms with E-state index in [9.17, 15) is 9.59 Å². The van der Waals surface area contributed by atoms with Gasteiger partial charge >= 0.3 is 5.97 Å². The molecule has 0 aromatic heterocycles. The molecule has 150 valence electrons. The van der Waals surface area contributed by atoms with E-state index in [0.717, 1.165) is 5.56 Å². The number of rotatable bonds is 2. The fourth-order valence-corrected chi connectivity index (χ4v) is 4.31. The number of carbonyl (C=O) groups is 2. The first kappa shape index (κ1) is 17.8. The van der Waals surface area contributed by atoms with Gasteiger partial charge in [-0.15, -0.1) is 0 Å². The minimum absolute atomic E-state index is 0.117. The number of ether oxygens (including phenoxy) is 5. The van der Waals surface area contributed by atoms with Crippen LogP contribution in [0.1, 0.15) is 31.8 Å². The fourth-order valence-electron chi connectivity index (χ4n) is 4.31. The van der Waals surface area contributed by atoms with Crippen LogP contribution in [-0.4, -0.2) is 51.3 Å². The van der Waals surface area contributed by atoms with Crippen LogP contribution in [0.15, 0.2) is 24.3 Å². The van der Waals surface area contributed by atoms with E-state index in [0.29, 0.717) is 41.3 Å². The molecule has 0 aliphatic carbocycles. The maximum absolute atomic E-state index is 13.8. The Bertz CT molecular complexity index is 1060. The molecule has 1 spiro atoms. The van der Waals surface area contributed by atoms with Crippen molar-refractivity contribution in [2.45, 2.75) is 12.1 Å². The summed E-state index contributed by atoms with van der Waals surface area (Å²) in [5.74, 6) is 0.820. The van der Waals surface area contributed by atoms with Crippen molar-refractivity contribution in [3.05, 3.63) is 46.5 Å². The van der Waals surface area contributed by atoms with Gasteiger partial charge in [0.15, 0.2) is 23.0 Å². The van der Waals surface area contributed by atoms with Crippen molar-refractivity contribution in [1.29, 1.82) is 0 Å². The summed E-state index contributed by atoms with van der Waals surface area (Å²) in [5, 5.41) is 0. The maximum atomic E-state index is 13.8. The lowest BCUT2D eigenvalue weighted by Crippen LogP contribution is -2.50. The van der Waals surface area contributed by atoms with Crippen LogP contribution < -0.4 is 18.9 Å². The number of Topliss-reactive ketones (excluding diaryl/α,β-unsaturated/α-hetero) is 1. The number of likely N-dealkylation sites (N-methyl/N-ethyl adjacent to an activating group) is 1. The topological polar surface area (TPSA) is 83.5 Å². The van der Waals surface area contributed by atoms with E-state index in [1.54, 1.807) is 30.1 Å². The van der Waals surface area contributed by atoms with Crippen molar-refractivity contribution in [1.82, 2.24) is 4.90 Å². The summed E-state index contributed by atoms with van der Waals surface area (Å²) in [6, 6.07) is 6.87. The first-order valence-corrected chi connectivity index (χ1v) is 9.18. The quantitative estimate of drug-likeness (QED) is 0.713. The first-order valence-electron chi connectivity index (χ1n) is 9.18. The van der Waals surface area contributed by atoms with Gasteiger partial charge in [-0.3, -0.25) is 9.69 Å². The second-order valence-electron chi connectivity index (χ2n) is 7.12. The normalized spacial score (nSPS) is 22.2. The van der Waals surface area contributed by atoms with Crippen LogP contribution in [0.3, 0.4) is 0 Å². The average molecular weight is 397 g/mol. The Morgan fingerprint density at radius 3 is 2.55 bits per heavy atom. The van der Waals surface area contributed by atoms with Gasteiger partial charge in [-0.2, -0.15) is 0 Å². The molecule has 0 N–H and O–H groups in total. The fraction of sp³-hybridized carbons (Fsp3) is 0.333. The second-order valence-corrected chi connectivity index (χ2v) is 7.12. The van der Waals surface area contributed by atoms with Crippen LogP contribution in [0, 0.1) is 0 Å². The van der Waals surface area contributed by atoms with Crippen LogP contribution >= 0.6 is 0 Å². The van der Waals surface area contributed by atoms with Gasteiger partial charge in [0.1, 0.15) is 5.56 Å². The molecule has 2 aromatic rings. The van der Waals surface area contributed by atoms with Gasteiger partial charge in [0.25, 0.3) is 5.72 Å². The second kappa shape index (κ2) is 6.12.